The smallest absolute Gasteiger partial charge is 0.240 e. The first kappa shape index (κ1) is 20.0. The van der Waals surface area contributed by atoms with Crippen molar-refractivity contribution in [3.8, 4) is 11.5 Å². The van der Waals surface area contributed by atoms with E-state index < -0.39 is 0 Å². The van der Waals surface area contributed by atoms with Crippen molar-refractivity contribution in [2.75, 3.05) is 13.7 Å². The molecule has 5 heteroatoms. The molecule has 1 amide bonds. The van der Waals surface area contributed by atoms with E-state index in [1.165, 1.54) is 19.3 Å². The van der Waals surface area contributed by atoms with Crippen LogP contribution in [-0.4, -0.2) is 25.8 Å². The maximum absolute atomic E-state index is 11.5. The molecule has 1 N–H and O–H groups in total. The van der Waals surface area contributed by atoms with Gasteiger partial charge in [0.2, 0.25) is 5.91 Å². The average molecular weight is 334 g/mol. The Balaban J connectivity index is 2.51. The van der Waals surface area contributed by atoms with E-state index in [4.69, 9.17) is 9.47 Å². The normalized spacial score (nSPS) is 10.8. The Morgan fingerprint density at radius 2 is 1.92 bits per heavy atom. The molecule has 0 radical (unpaired) electrons. The fourth-order valence-electron chi connectivity index (χ4n) is 2.17. The Hall–Kier alpha value is -2.04. The number of carbonyl (C=O) groups is 1. The largest absolute Gasteiger partial charge is 0.493 e. The molecule has 0 saturated heterocycles. The summed E-state index contributed by atoms with van der Waals surface area (Å²) in [7, 11) is 1.62. The lowest BCUT2D eigenvalue weighted by Gasteiger charge is -2.11. The van der Waals surface area contributed by atoms with Crippen molar-refractivity contribution in [3.63, 3.8) is 0 Å². The molecular formula is C19H30N2O3. The zero-order valence-corrected chi connectivity index (χ0v) is 15.1. The number of unbranched alkanes of at least 4 members (excludes halogenated alkanes) is 4. The van der Waals surface area contributed by atoms with E-state index in [1.54, 1.807) is 13.3 Å². The van der Waals surface area contributed by atoms with Gasteiger partial charge in [0.1, 0.15) is 0 Å². The van der Waals surface area contributed by atoms with Gasteiger partial charge in [-0.1, -0.05) is 39.5 Å². The van der Waals surface area contributed by atoms with Gasteiger partial charge in [-0.25, -0.2) is 5.43 Å². The number of benzene rings is 1. The van der Waals surface area contributed by atoms with Crippen LogP contribution in [0, 0.1) is 0 Å². The minimum atomic E-state index is -0.0629. The van der Waals surface area contributed by atoms with Gasteiger partial charge in [0.25, 0.3) is 0 Å². The van der Waals surface area contributed by atoms with Crippen molar-refractivity contribution < 1.29 is 14.3 Å². The molecule has 0 heterocycles. The minimum absolute atomic E-state index is 0.0629. The zero-order chi connectivity index (χ0) is 17.6. The Morgan fingerprint density at radius 1 is 1.12 bits per heavy atom. The first-order valence-corrected chi connectivity index (χ1v) is 8.84. The lowest BCUT2D eigenvalue weighted by molar-refractivity contribution is -0.121. The lowest BCUT2D eigenvalue weighted by atomic mass is 10.2. The lowest BCUT2D eigenvalue weighted by Crippen LogP contribution is -2.16. The summed E-state index contributed by atoms with van der Waals surface area (Å²) in [6, 6.07) is 5.62. The predicted octanol–water partition coefficient (Wildman–Crippen LogP) is 4.29. The molecule has 1 aromatic rings. The Labute approximate surface area is 145 Å². The van der Waals surface area contributed by atoms with Crippen LogP contribution in [0.1, 0.15) is 64.4 Å². The second-order valence-corrected chi connectivity index (χ2v) is 5.72. The van der Waals surface area contributed by atoms with Gasteiger partial charge in [-0.15, -0.1) is 0 Å². The summed E-state index contributed by atoms with van der Waals surface area (Å²) in [5.41, 5.74) is 3.38. The quantitative estimate of drug-likeness (QED) is 0.352. The second-order valence-electron chi connectivity index (χ2n) is 5.72. The summed E-state index contributed by atoms with van der Waals surface area (Å²) in [6.45, 7) is 4.93. The van der Waals surface area contributed by atoms with Gasteiger partial charge in [0.15, 0.2) is 11.5 Å². The molecular weight excluding hydrogens is 304 g/mol. The fraction of sp³-hybridized carbons (Fsp3) is 0.579. The van der Waals surface area contributed by atoms with E-state index in [-0.39, 0.29) is 5.91 Å². The fourth-order valence-corrected chi connectivity index (χ4v) is 2.17. The van der Waals surface area contributed by atoms with Crippen LogP contribution in [0.2, 0.25) is 0 Å². The highest BCUT2D eigenvalue weighted by Crippen LogP contribution is 2.27. The first-order chi connectivity index (χ1) is 11.7. The van der Waals surface area contributed by atoms with Crippen molar-refractivity contribution in [2.24, 2.45) is 5.10 Å². The molecule has 0 fully saturated rings. The van der Waals surface area contributed by atoms with Crippen LogP contribution < -0.4 is 14.9 Å². The van der Waals surface area contributed by atoms with Gasteiger partial charge in [-0.05, 0) is 36.6 Å². The molecule has 0 saturated carbocycles. The van der Waals surface area contributed by atoms with Gasteiger partial charge < -0.3 is 9.47 Å². The number of hydrogen-bond acceptors (Lipinski definition) is 4. The third-order valence-electron chi connectivity index (χ3n) is 3.60. The third-order valence-corrected chi connectivity index (χ3v) is 3.60. The van der Waals surface area contributed by atoms with Gasteiger partial charge >= 0.3 is 0 Å². The molecule has 0 aliphatic heterocycles. The van der Waals surface area contributed by atoms with Crippen molar-refractivity contribution in [3.05, 3.63) is 23.8 Å². The second kappa shape index (κ2) is 12.4. The Bertz CT molecular complexity index is 515. The Kier molecular flexibility index (Phi) is 10.3. The van der Waals surface area contributed by atoms with E-state index >= 15 is 0 Å². The molecule has 1 aromatic carbocycles. The number of methoxy groups -OCH3 is 1. The van der Waals surface area contributed by atoms with E-state index in [1.807, 2.05) is 18.2 Å². The summed E-state index contributed by atoms with van der Waals surface area (Å²) < 4.78 is 11.1. The molecule has 24 heavy (non-hydrogen) atoms. The van der Waals surface area contributed by atoms with Crippen molar-refractivity contribution >= 4 is 12.1 Å². The highest BCUT2D eigenvalue weighted by Gasteiger charge is 2.05. The molecule has 0 aliphatic carbocycles. The third kappa shape index (κ3) is 7.99. The van der Waals surface area contributed by atoms with E-state index in [2.05, 4.69) is 24.4 Å². The number of nitrogens with one attached hydrogen (secondary N) is 1. The number of ether oxygens (including phenoxy) is 2. The predicted molar refractivity (Wildman–Crippen MR) is 97.9 cm³/mol. The van der Waals surface area contributed by atoms with Crippen LogP contribution in [-0.2, 0) is 4.79 Å². The molecule has 0 aliphatic rings. The summed E-state index contributed by atoms with van der Waals surface area (Å²) in [6.07, 6.45) is 8.66. The molecule has 0 spiro atoms. The van der Waals surface area contributed by atoms with Gasteiger partial charge in [-0.2, -0.15) is 5.10 Å². The van der Waals surface area contributed by atoms with Gasteiger partial charge in [0.05, 0.1) is 19.9 Å². The number of hydrazone groups is 1. The van der Waals surface area contributed by atoms with Crippen molar-refractivity contribution in [1.29, 1.82) is 0 Å². The standard InChI is InChI=1S/C19H30N2O3/c1-4-6-8-9-13-24-17-12-11-16(14-18(17)23-3)15-20-21-19(22)10-7-5-2/h11-12,14-15H,4-10,13H2,1-3H3,(H,21,22)/b20-15+. The van der Waals surface area contributed by atoms with Crippen LogP contribution in [0.4, 0.5) is 0 Å². The first-order valence-electron chi connectivity index (χ1n) is 8.84. The van der Waals surface area contributed by atoms with Gasteiger partial charge in [-0.3, -0.25) is 4.79 Å². The van der Waals surface area contributed by atoms with E-state index in [0.29, 0.717) is 18.8 Å². The SMILES string of the molecule is CCCCCCOc1ccc(/C=N/NC(=O)CCCC)cc1OC. The van der Waals surface area contributed by atoms with Gasteiger partial charge in [0, 0.05) is 6.42 Å². The molecule has 0 aromatic heterocycles. The highest BCUT2D eigenvalue weighted by molar-refractivity contribution is 5.83. The number of rotatable bonds is 12. The molecule has 1 rings (SSSR count). The minimum Gasteiger partial charge on any atom is -0.493 e. The number of carbonyl (C=O) groups excluding carboxylic acids is 1. The highest BCUT2D eigenvalue weighted by atomic mass is 16.5. The van der Waals surface area contributed by atoms with Crippen LogP contribution in [0.3, 0.4) is 0 Å². The summed E-state index contributed by atoms with van der Waals surface area (Å²) in [4.78, 5) is 11.5. The Morgan fingerprint density at radius 3 is 2.62 bits per heavy atom. The monoisotopic (exact) mass is 334 g/mol. The summed E-state index contributed by atoms with van der Waals surface area (Å²) in [5.74, 6) is 1.34. The summed E-state index contributed by atoms with van der Waals surface area (Å²) >= 11 is 0. The molecule has 0 bridgehead atoms. The molecule has 5 nitrogen and oxygen atoms in total. The number of hydrogen-bond donors (Lipinski definition) is 1. The van der Waals surface area contributed by atoms with E-state index in [9.17, 15) is 4.79 Å². The summed E-state index contributed by atoms with van der Waals surface area (Å²) in [5, 5.41) is 3.97. The molecule has 0 unspecified atom stereocenters. The molecule has 0 atom stereocenters. The van der Waals surface area contributed by atoms with Crippen LogP contribution in [0.15, 0.2) is 23.3 Å². The molecule has 134 valence electrons. The number of amides is 1. The van der Waals surface area contributed by atoms with Crippen LogP contribution in [0.25, 0.3) is 0 Å². The van der Waals surface area contributed by atoms with Crippen LogP contribution in [0.5, 0.6) is 11.5 Å². The van der Waals surface area contributed by atoms with E-state index in [0.717, 1.165) is 30.6 Å². The van der Waals surface area contributed by atoms with Crippen molar-refractivity contribution in [1.82, 2.24) is 5.43 Å². The average Bonchev–Trinajstić information content (AvgIpc) is 2.60. The van der Waals surface area contributed by atoms with Crippen LogP contribution >= 0.6 is 0 Å². The maximum Gasteiger partial charge on any atom is 0.240 e. The topological polar surface area (TPSA) is 59.9 Å². The number of nitrogens with zero attached hydrogens (tertiary/aromatic N) is 1. The maximum atomic E-state index is 11.5. The van der Waals surface area contributed by atoms with Crippen molar-refractivity contribution in [2.45, 2.75) is 58.8 Å². The zero-order valence-electron chi connectivity index (χ0n) is 15.1.